The molecule has 0 saturated carbocycles. The van der Waals surface area contributed by atoms with Crippen LogP contribution in [0.25, 0.3) is 0 Å². The van der Waals surface area contributed by atoms with E-state index in [-0.39, 0.29) is 11.6 Å². The van der Waals surface area contributed by atoms with E-state index in [9.17, 15) is 4.79 Å². The van der Waals surface area contributed by atoms with Crippen molar-refractivity contribution in [3.8, 4) is 5.75 Å². The van der Waals surface area contributed by atoms with Gasteiger partial charge in [0.25, 0.3) is 5.91 Å². The first-order valence-electron chi connectivity index (χ1n) is 8.60. The topological polar surface area (TPSA) is 76.1 Å². The third kappa shape index (κ3) is 4.61. The summed E-state index contributed by atoms with van der Waals surface area (Å²) in [6.07, 6.45) is 0. The molecule has 3 rings (SSSR count). The van der Waals surface area contributed by atoms with Gasteiger partial charge < -0.3 is 15.4 Å². The second kappa shape index (κ2) is 7.86. The number of nitrogens with one attached hydrogen (secondary N) is 2. The monoisotopic (exact) mass is 362 g/mol. The Morgan fingerprint density at radius 3 is 2.33 bits per heavy atom. The van der Waals surface area contributed by atoms with Crippen molar-refractivity contribution >= 4 is 23.2 Å². The van der Waals surface area contributed by atoms with Crippen LogP contribution in [-0.2, 0) is 0 Å². The molecule has 1 heterocycles. The highest BCUT2D eigenvalue weighted by Crippen LogP contribution is 2.25. The third-order valence-electron chi connectivity index (χ3n) is 4.00. The number of anilines is 3. The van der Waals surface area contributed by atoms with Crippen LogP contribution in [0.15, 0.2) is 48.5 Å². The van der Waals surface area contributed by atoms with Crippen LogP contribution in [0.3, 0.4) is 0 Å². The molecule has 6 nitrogen and oxygen atoms in total. The fourth-order valence-corrected chi connectivity index (χ4v) is 2.61. The Kier molecular flexibility index (Phi) is 5.35. The summed E-state index contributed by atoms with van der Waals surface area (Å²) in [7, 11) is 1.57. The molecule has 0 atom stereocenters. The number of benzene rings is 2. The van der Waals surface area contributed by atoms with Crippen LogP contribution in [0, 0.1) is 20.8 Å². The predicted molar refractivity (Wildman–Crippen MR) is 107 cm³/mol. The van der Waals surface area contributed by atoms with Crippen LogP contribution in [0.5, 0.6) is 5.75 Å². The highest BCUT2D eigenvalue weighted by atomic mass is 16.5. The molecule has 2 aromatic carbocycles. The van der Waals surface area contributed by atoms with E-state index >= 15 is 0 Å². The van der Waals surface area contributed by atoms with E-state index in [1.807, 2.05) is 63.2 Å². The van der Waals surface area contributed by atoms with Gasteiger partial charge in [0, 0.05) is 11.4 Å². The number of methoxy groups -OCH3 is 1. The highest BCUT2D eigenvalue weighted by Gasteiger charge is 2.14. The number of hydrogen-bond donors (Lipinski definition) is 2. The molecule has 27 heavy (non-hydrogen) atoms. The minimum Gasteiger partial charge on any atom is -0.495 e. The van der Waals surface area contributed by atoms with Crippen LogP contribution < -0.4 is 15.4 Å². The van der Waals surface area contributed by atoms with Gasteiger partial charge in [-0.15, -0.1) is 0 Å². The fraction of sp³-hybridized carbons (Fsp3) is 0.190. The maximum atomic E-state index is 12.7. The summed E-state index contributed by atoms with van der Waals surface area (Å²) in [5.41, 5.74) is 4.62. The zero-order chi connectivity index (χ0) is 19.4. The van der Waals surface area contributed by atoms with Gasteiger partial charge in [-0.25, -0.2) is 9.97 Å². The zero-order valence-electron chi connectivity index (χ0n) is 15.8. The summed E-state index contributed by atoms with van der Waals surface area (Å²) in [5, 5.41) is 6.00. The molecule has 6 heteroatoms. The molecule has 0 aliphatic rings. The minimum atomic E-state index is -0.323. The number of carbonyl (C=O) groups excluding carboxylic acids is 1. The molecule has 0 unspecified atom stereocenters. The Labute approximate surface area is 158 Å². The summed E-state index contributed by atoms with van der Waals surface area (Å²) in [4.78, 5) is 21.4. The van der Waals surface area contributed by atoms with Crippen molar-refractivity contribution in [1.82, 2.24) is 9.97 Å². The van der Waals surface area contributed by atoms with Gasteiger partial charge in [0.1, 0.15) is 11.4 Å². The second-order valence-electron chi connectivity index (χ2n) is 6.37. The fourth-order valence-electron chi connectivity index (χ4n) is 2.61. The summed E-state index contributed by atoms with van der Waals surface area (Å²) in [6.45, 7) is 5.80. The minimum absolute atomic E-state index is 0.278. The molecule has 0 bridgehead atoms. The lowest BCUT2D eigenvalue weighted by atomic mass is 10.2. The molecular formula is C21H22N4O2. The van der Waals surface area contributed by atoms with E-state index in [0.717, 1.165) is 16.8 Å². The van der Waals surface area contributed by atoms with Gasteiger partial charge in [0.05, 0.1) is 12.8 Å². The van der Waals surface area contributed by atoms with Gasteiger partial charge in [-0.05, 0) is 56.7 Å². The van der Waals surface area contributed by atoms with Crippen molar-refractivity contribution < 1.29 is 9.53 Å². The molecule has 0 spiro atoms. The van der Waals surface area contributed by atoms with E-state index < -0.39 is 0 Å². The van der Waals surface area contributed by atoms with Crippen molar-refractivity contribution in [2.45, 2.75) is 20.8 Å². The van der Waals surface area contributed by atoms with Crippen LogP contribution in [0.2, 0.25) is 0 Å². The number of aryl methyl sites for hydroxylation is 3. The quantitative estimate of drug-likeness (QED) is 0.703. The number of amides is 1. The highest BCUT2D eigenvalue weighted by molar-refractivity contribution is 6.04. The van der Waals surface area contributed by atoms with E-state index in [1.165, 1.54) is 0 Å². The molecule has 0 radical (unpaired) electrons. The molecule has 2 N–H and O–H groups in total. The second-order valence-corrected chi connectivity index (χ2v) is 6.37. The van der Waals surface area contributed by atoms with Gasteiger partial charge in [-0.1, -0.05) is 23.8 Å². The first-order chi connectivity index (χ1) is 12.9. The van der Waals surface area contributed by atoms with Crippen molar-refractivity contribution in [2.24, 2.45) is 0 Å². The molecule has 1 amide bonds. The van der Waals surface area contributed by atoms with E-state index in [1.54, 1.807) is 13.2 Å². The zero-order valence-corrected chi connectivity index (χ0v) is 15.8. The number of ether oxygens (including phenoxy) is 1. The van der Waals surface area contributed by atoms with Crippen molar-refractivity contribution in [3.05, 3.63) is 71.0 Å². The Morgan fingerprint density at radius 2 is 1.63 bits per heavy atom. The van der Waals surface area contributed by atoms with Gasteiger partial charge in [-0.3, -0.25) is 4.79 Å². The normalized spacial score (nSPS) is 10.4. The van der Waals surface area contributed by atoms with E-state index in [4.69, 9.17) is 4.74 Å². The number of aromatic nitrogens is 2. The smallest absolute Gasteiger partial charge is 0.274 e. The van der Waals surface area contributed by atoms with Crippen LogP contribution in [0.4, 0.5) is 17.3 Å². The lowest BCUT2D eigenvalue weighted by Gasteiger charge is -2.12. The Bertz CT molecular complexity index is 968. The molecule has 0 aliphatic carbocycles. The first-order valence-corrected chi connectivity index (χ1v) is 8.60. The standard InChI is InChI=1S/C21H22N4O2/c1-13-5-8-16(9-6-13)23-21-22-15(3)12-18(25-21)20(26)24-17-11-14(2)7-10-19(17)27-4/h5-12H,1-4H3,(H,24,26)(H,22,23,25). The van der Waals surface area contributed by atoms with E-state index in [0.29, 0.717) is 23.1 Å². The van der Waals surface area contributed by atoms with Crippen molar-refractivity contribution in [3.63, 3.8) is 0 Å². The largest absolute Gasteiger partial charge is 0.495 e. The Balaban J connectivity index is 1.84. The summed E-state index contributed by atoms with van der Waals surface area (Å²) in [5.74, 6) is 0.647. The number of carbonyl (C=O) groups is 1. The molecule has 1 aromatic heterocycles. The molecule has 138 valence electrons. The van der Waals surface area contributed by atoms with Crippen LogP contribution >= 0.6 is 0 Å². The van der Waals surface area contributed by atoms with Gasteiger partial charge >= 0.3 is 0 Å². The lowest BCUT2D eigenvalue weighted by Crippen LogP contribution is -2.16. The Hall–Kier alpha value is -3.41. The Morgan fingerprint density at radius 1 is 0.926 bits per heavy atom. The number of nitrogens with zero attached hydrogens (tertiary/aromatic N) is 2. The average molecular weight is 362 g/mol. The van der Waals surface area contributed by atoms with Gasteiger partial charge in [0.2, 0.25) is 5.95 Å². The number of hydrogen-bond acceptors (Lipinski definition) is 5. The average Bonchev–Trinajstić information content (AvgIpc) is 2.63. The summed E-state index contributed by atoms with van der Waals surface area (Å²) < 4.78 is 5.31. The van der Waals surface area contributed by atoms with Crippen molar-refractivity contribution in [2.75, 3.05) is 17.7 Å². The molecule has 3 aromatic rings. The van der Waals surface area contributed by atoms with Crippen LogP contribution in [0.1, 0.15) is 27.3 Å². The summed E-state index contributed by atoms with van der Waals surface area (Å²) >= 11 is 0. The molecular weight excluding hydrogens is 340 g/mol. The molecule has 0 aliphatic heterocycles. The van der Waals surface area contributed by atoms with Crippen LogP contribution in [-0.4, -0.2) is 23.0 Å². The first kappa shape index (κ1) is 18.4. The maximum absolute atomic E-state index is 12.7. The molecule has 0 fully saturated rings. The number of rotatable bonds is 5. The predicted octanol–water partition coefficient (Wildman–Crippen LogP) is 4.41. The molecule has 0 saturated heterocycles. The van der Waals surface area contributed by atoms with Crippen molar-refractivity contribution in [1.29, 1.82) is 0 Å². The van der Waals surface area contributed by atoms with Gasteiger partial charge in [-0.2, -0.15) is 0 Å². The third-order valence-corrected chi connectivity index (χ3v) is 4.00. The lowest BCUT2D eigenvalue weighted by molar-refractivity contribution is 0.102. The maximum Gasteiger partial charge on any atom is 0.274 e. The summed E-state index contributed by atoms with van der Waals surface area (Å²) in [6, 6.07) is 15.1. The van der Waals surface area contributed by atoms with E-state index in [2.05, 4.69) is 20.6 Å². The SMILES string of the molecule is COc1ccc(C)cc1NC(=O)c1cc(C)nc(Nc2ccc(C)cc2)n1. The van der Waals surface area contributed by atoms with Gasteiger partial charge in [0.15, 0.2) is 0 Å².